The second-order valence-electron chi connectivity index (χ2n) is 8.80. The van der Waals surface area contributed by atoms with Gasteiger partial charge < -0.3 is 15.0 Å². The zero-order valence-corrected chi connectivity index (χ0v) is 19.1. The average molecular weight is 470 g/mol. The summed E-state index contributed by atoms with van der Waals surface area (Å²) in [5.74, 6) is -0.110. The molecular weight excluding hydrogens is 442 g/mol. The predicted molar refractivity (Wildman–Crippen MR) is 124 cm³/mol. The van der Waals surface area contributed by atoms with Crippen LogP contribution in [-0.2, 0) is 26.0 Å². The van der Waals surface area contributed by atoms with Crippen LogP contribution in [0.3, 0.4) is 0 Å². The maximum atomic E-state index is 13.1. The summed E-state index contributed by atoms with van der Waals surface area (Å²) in [6, 6.07) is 11.4. The number of hydrogen-bond acceptors (Lipinski definition) is 5. The molecule has 174 valence electrons. The van der Waals surface area contributed by atoms with Gasteiger partial charge in [-0.05, 0) is 68.0 Å². The smallest absolute Gasteiger partial charge is 0.261 e. The van der Waals surface area contributed by atoms with Gasteiger partial charge in [0.1, 0.15) is 0 Å². The molecule has 2 fully saturated rings. The number of carbonyl (C=O) groups is 2. The molecule has 3 aliphatic rings. The maximum absolute atomic E-state index is 13.1. The highest BCUT2D eigenvalue weighted by molar-refractivity contribution is 7.92. The van der Waals surface area contributed by atoms with E-state index >= 15 is 0 Å². The minimum atomic E-state index is -3.92. The molecule has 1 saturated carbocycles. The zero-order valence-electron chi connectivity index (χ0n) is 18.2. The molecule has 2 N–H and O–H groups in total. The number of sulfonamides is 1. The maximum Gasteiger partial charge on any atom is 0.261 e. The van der Waals surface area contributed by atoms with Crippen LogP contribution in [0.25, 0.3) is 0 Å². The number of benzene rings is 2. The van der Waals surface area contributed by atoms with E-state index in [9.17, 15) is 18.0 Å². The second kappa shape index (κ2) is 8.79. The van der Waals surface area contributed by atoms with Crippen molar-refractivity contribution in [2.45, 2.75) is 43.1 Å². The lowest BCUT2D eigenvalue weighted by atomic mass is 10.1. The van der Waals surface area contributed by atoms with Gasteiger partial charge in [0.25, 0.3) is 15.9 Å². The van der Waals surface area contributed by atoms with Crippen molar-refractivity contribution >= 4 is 33.2 Å². The fourth-order valence-electron chi connectivity index (χ4n) is 4.41. The molecule has 9 heteroatoms. The van der Waals surface area contributed by atoms with Gasteiger partial charge in [-0.1, -0.05) is 12.1 Å². The topological polar surface area (TPSA) is 105 Å². The molecule has 2 aromatic carbocycles. The normalized spacial score (nSPS) is 19.9. The SMILES string of the molecule is O=C(NC[C@H]1CCCO1)c1ccccc1NS(=O)(=O)c1ccc2c(c1)CCN2C(=O)C1CC1. The Morgan fingerprint density at radius 1 is 1.09 bits per heavy atom. The van der Waals surface area contributed by atoms with Crippen LogP contribution in [0.4, 0.5) is 11.4 Å². The van der Waals surface area contributed by atoms with E-state index in [1.807, 2.05) is 0 Å². The van der Waals surface area contributed by atoms with E-state index in [1.165, 1.54) is 6.07 Å². The molecule has 2 aromatic rings. The number of amides is 2. The van der Waals surface area contributed by atoms with Crippen molar-refractivity contribution in [3.63, 3.8) is 0 Å². The first-order valence-corrected chi connectivity index (χ1v) is 12.9. The molecule has 0 spiro atoms. The van der Waals surface area contributed by atoms with Gasteiger partial charge in [0, 0.05) is 31.3 Å². The van der Waals surface area contributed by atoms with Gasteiger partial charge in [-0.3, -0.25) is 14.3 Å². The minimum absolute atomic E-state index is 0.00409. The highest BCUT2D eigenvalue weighted by Gasteiger charge is 2.36. The van der Waals surface area contributed by atoms with Crippen LogP contribution >= 0.6 is 0 Å². The molecule has 1 atom stereocenters. The van der Waals surface area contributed by atoms with E-state index in [-0.39, 0.29) is 40.0 Å². The largest absolute Gasteiger partial charge is 0.376 e. The van der Waals surface area contributed by atoms with Gasteiger partial charge in [0.2, 0.25) is 5.91 Å². The number of fused-ring (bicyclic) bond motifs is 1. The second-order valence-corrected chi connectivity index (χ2v) is 10.5. The molecule has 0 unspecified atom stereocenters. The number of hydrogen-bond donors (Lipinski definition) is 2. The van der Waals surface area contributed by atoms with Crippen LogP contribution in [0, 0.1) is 5.92 Å². The number of ether oxygens (including phenoxy) is 1. The molecule has 8 nitrogen and oxygen atoms in total. The Bertz CT molecular complexity index is 1190. The van der Waals surface area contributed by atoms with Gasteiger partial charge in [-0.2, -0.15) is 0 Å². The summed E-state index contributed by atoms with van der Waals surface area (Å²) in [6.07, 6.45) is 4.36. The molecule has 0 aromatic heterocycles. The van der Waals surface area contributed by atoms with Crippen molar-refractivity contribution < 1.29 is 22.7 Å². The Hall–Kier alpha value is -2.91. The van der Waals surface area contributed by atoms with Crippen LogP contribution in [0.5, 0.6) is 0 Å². The number of nitrogens with one attached hydrogen (secondary N) is 2. The summed E-state index contributed by atoms with van der Waals surface area (Å²) in [5.41, 5.74) is 2.10. The molecule has 0 bridgehead atoms. The Labute approximate surface area is 193 Å². The lowest BCUT2D eigenvalue weighted by Gasteiger charge is -2.17. The number of anilines is 2. The van der Waals surface area contributed by atoms with Crippen molar-refractivity contribution in [3.8, 4) is 0 Å². The zero-order chi connectivity index (χ0) is 23.0. The van der Waals surface area contributed by atoms with Crippen molar-refractivity contribution in [1.29, 1.82) is 0 Å². The Kier molecular flexibility index (Phi) is 5.84. The van der Waals surface area contributed by atoms with Crippen LogP contribution in [0.2, 0.25) is 0 Å². The fraction of sp³-hybridized carbons (Fsp3) is 0.417. The van der Waals surface area contributed by atoms with Gasteiger partial charge in [-0.25, -0.2) is 8.42 Å². The van der Waals surface area contributed by atoms with Gasteiger partial charge >= 0.3 is 0 Å². The van der Waals surface area contributed by atoms with E-state index in [0.717, 1.165) is 36.9 Å². The first-order chi connectivity index (χ1) is 15.9. The van der Waals surface area contributed by atoms with Crippen molar-refractivity contribution in [3.05, 3.63) is 53.6 Å². The molecule has 33 heavy (non-hydrogen) atoms. The van der Waals surface area contributed by atoms with Crippen LogP contribution < -0.4 is 14.9 Å². The Balaban J connectivity index is 1.32. The number of carbonyl (C=O) groups excluding carboxylic acids is 2. The number of para-hydroxylation sites is 1. The molecule has 2 aliphatic heterocycles. The molecule has 1 aliphatic carbocycles. The predicted octanol–water partition coefficient (Wildman–Crippen LogP) is 2.70. The highest BCUT2D eigenvalue weighted by Crippen LogP contribution is 2.37. The van der Waals surface area contributed by atoms with E-state index in [1.54, 1.807) is 41.3 Å². The van der Waals surface area contributed by atoms with Crippen LogP contribution in [0.15, 0.2) is 47.4 Å². The first kappa shape index (κ1) is 21.9. The highest BCUT2D eigenvalue weighted by atomic mass is 32.2. The van der Waals surface area contributed by atoms with E-state index in [4.69, 9.17) is 4.74 Å². The molecule has 5 rings (SSSR count). The molecular formula is C24H27N3O5S. The Morgan fingerprint density at radius 2 is 1.91 bits per heavy atom. The van der Waals surface area contributed by atoms with Crippen molar-refractivity contribution in [2.24, 2.45) is 5.92 Å². The summed E-state index contributed by atoms with van der Waals surface area (Å²) >= 11 is 0. The summed E-state index contributed by atoms with van der Waals surface area (Å²) in [7, 11) is -3.92. The third-order valence-corrected chi connectivity index (χ3v) is 7.74. The summed E-state index contributed by atoms with van der Waals surface area (Å²) < 4.78 is 34.4. The molecule has 2 heterocycles. The Morgan fingerprint density at radius 3 is 2.67 bits per heavy atom. The standard InChI is InChI=1S/C24H27N3O5S/c28-23(25-15-18-4-3-13-32-18)20-5-1-2-6-21(20)26-33(30,31)19-9-10-22-17(14-19)11-12-27(22)24(29)16-7-8-16/h1-2,5-6,9-10,14,16,18,26H,3-4,7-8,11-13,15H2,(H,25,28)/t18-/m1/s1. The minimum Gasteiger partial charge on any atom is -0.376 e. The number of nitrogens with zero attached hydrogens (tertiary/aromatic N) is 1. The van der Waals surface area contributed by atoms with Crippen molar-refractivity contribution in [1.82, 2.24) is 5.32 Å². The molecule has 1 saturated heterocycles. The van der Waals surface area contributed by atoms with Gasteiger partial charge in [0.15, 0.2) is 0 Å². The summed E-state index contributed by atoms with van der Waals surface area (Å²) in [5, 5.41) is 2.83. The summed E-state index contributed by atoms with van der Waals surface area (Å²) in [6.45, 7) is 1.67. The van der Waals surface area contributed by atoms with Crippen molar-refractivity contribution in [2.75, 3.05) is 29.3 Å². The first-order valence-electron chi connectivity index (χ1n) is 11.4. The van der Waals surface area contributed by atoms with E-state index < -0.39 is 10.0 Å². The third-order valence-electron chi connectivity index (χ3n) is 6.38. The summed E-state index contributed by atoms with van der Waals surface area (Å²) in [4.78, 5) is 27.1. The number of rotatable bonds is 7. The quantitative estimate of drug-likeness (QED) is 0.649. The van der Waals surface area contributed by atoms with Crippen LogP contribution in [-0.4, -0.2) is 46.0 Å². The third kappa shape index (κ3) is 4.60. The van der Waals surface area contributed by atoms with Gasteiger partial charge in [-0.15, -0.1) is 0 Å². The van der Waals surface area contributed by atoms with E-state index in [0.29, 0.717) is 26.1 Å². The van der Waals surface area contributed by atoms with Gasteiger partial charge in [0.05, 0.1) is 22.3 Å². The monoisotopic (exact) mass is 469 g/mol. The lowest BCUT2D eigenvalue weighted by Crippen LogP contribution is -2.32. The lowest BCUT2D eigenvalue weighted by molar-refractivity contribution is -0.119. The van der Waals surface area contributed by atoms with Crippen LogP contribution in [0.1, 0.15) is 41.6 Å². The average Bonchev–Trinajstić information content (AvgIpc) is 3.36. The fourth-order valence-corrected chi connectivity index (χ4v) is 5.54. The van der Waals surface area contributed by atoms with E-state index in [2.05, 4.69) is 10.0 Å². The molecule has 2 amide bonds. The molecule has 0 radical (unpaired) electrons.